The third kappa shape index (κ3) is 4.59. The van der Waals surface area contributed by atoms with E-state index in [0.717, 1.165) is 11.2 Å². The maximum absolute atomic E-state index is 5.46. The number of fused-ring (bicyclic) bond motifs is 1. The molecule has 2 N–H and O–H groups in total. The zero-order chi connectivity index (χ0) is 23.4. The van der Waals surface area contributed by atoms with Gasteiger partial charge in [0.1, 0.15) is 0 Å². The molecule has 0 aliphatic carbocycles. The zero-order valence-electron chi connectivity index (χ0n) is 19.3. The Bertz CT molecular complexity index is 1220. The molecule has 3 aromatic heterocycles. The molecule has 4 aromatic rings. The fourth-order valence-corrected chi connectivity index (χ4v) is 3.44. The van der Waals surface area contributed by atoms with Crippen LogP contribution in [0.4, 0.5) is 17.5 Å². The van der Waals surface area contributed by atoms with Crippen LogP contribution >= 0.6 is 0 Å². The smallest absolute Gasteiger partial charge is 0.231 e. The Morgan fingerprint density at radius 2 is 1.79 bits per heavy atom. The van der Waals surface area contributed by atoms with Crippen molar-refractivity contribution in [3.8, 4) is 17.2 Å². The molecular formula is C23H27N7O3. The van der Waals surface area contributed by atoms with Gasteiger partial charge in [-0.25, -0.2) is 4.98 Å². The number of nitrogens with zero attached hydrogens (tertiary/aromatic N) is 5. The number of nitrogens with one attached hydrogen (secondary N) is 2. The minimum absolute atomic E-state index is 0.185. The first-order valence-corrected chi connectivity index (χ1v) is 10.5. The lowest BCUT2D eigenvalue weighted by molar-refractivity contribution is 0.324. The van der Waals surface area contributed by atoms with Gasteiger partial charge in [0.25, 0.3) is 0 Å². The summed E-state index contributed by atoms with van der Waals surface area (Å²) in [6.45, 7) is 4.72. The van der Waals surface area contributed by atoms with Crippen molar-refractivity contribution in [2.24, 2.45) is 0 Å². The van der Waals surface area contributed by atoms with E-state index in [4.69, 9.17) is 24.2 Å². The summed E-state index contributed by atoms with van der Waals surface area (Å²) in [5, 5.41) is 6.63. The Kier molecular flexibility index (Phi) is 6.43. The summed E-state index contributed by atoms with van der Waals surface area (Å²) in [4.78, 5) is 18.2. The second-order valence-corrected chi connectivity index (χ2v) is 7.57. The maximum Gasteiger partial charge on any atom is 0.231 e. The van der Waals surface area contributed by atoms with Crippen LogP contribution in [0.2, 0.25) is 0 Å². The van der Waals surface area contributed by atoms with E-state index in [1.807, 2.05) is 22.9 Å². The predicted molar refractivity (Wildman–Crippen MR) is 127 cm³/mol. The first-order chi connectivity index (χ1) is 16.0. The Morgan fingerprint density at radius 1 is 1.03 bits per heavy atom. The molecule has 0 saturated carbocycles. The minimum atomic E-state index is 0.185. The molecule has 0 fully saturated rings. The number of rotatable bonds is 9. The number of anilines is 3. The summed E-state index contributed by atoms with van der Waals surface area (Å²) >= 11 is 0. The van der Waals surface area contributed by atoms with Gasteiger partial charge in [0.2, 0.25) is 11.7 Å². The van der Waals surface area contributed by atoms with Crippen molar-refractivity contribution in [2.75, 3.05) is 32.0 Å². The molecule has 33 heavy (non-hydrogen) atoms. The fraction of sp³-hybridized carbons (Fsp3) is 0.304. The summed E-state index contributed by atoms with van der Waals surface area (Å²) in [6, 6.07) is 7.69. The van der Waals surface area contributed by atoms with E-state index < -0.39 is 0 Å². The highest BCUT2D eigenvalue weighted by Gasteiger charge is 2.17. The van der Waals surface area contributed by atoms with E-state index in [2.05, 4.69) is 34.4 Å². The van der Waals surface area contributed by atoms with Gasteiger partial charge in [-0.3, -0.25) is 4.98 Å². The molecule has 0 spiro atoms. The van der Waals surface area contributed by atoms with Gasteiger partial charge in [0.05, 0.1) is 27.7 Å². The van der Waals surface area contributed by atoms with Gasteiger partial charge in [0.15, 0.2) is 28.5 Å². The van der Waals surface area contributed by atoms with Crippen molar-refractivity contribution in [1.29, 1.82) is 0 Å². The third-order valence-electron chi connectivity index (χ3n) is 5.08. The van der Waals surface area contributed by atoms with Crippen LogP contribution in [0.3, 0.4) is 0 Å². The van der Waals surface area contributed by atoms with Gasteiger partial charge in [0, 0.05) is 42.8 Å². The molecule has 10 heteroatoms. The van der Waals surface area contributed by atoms with Crippen LogP contribution in [0.15, 0.2) is 43.0 Å². The standard InChI is InChI=1S/C23H27N7O3/c1-14(2)30-13-26-19-21(25-12-15-7-6-8-24-11-15)28-23(29-22(19)30)27-16-9-17(31-3)20(33-5)18(10-16)32-4/h6-11,13-14H,12H2,1-5H3,(H2,25,27,28,29). The summed E-state index contributed by atoms with van der Waals surface area (Å²) < 4.78 is 18.3. The van der Waals surface area contributed by atoms with Gasteiger partial charge in [-0.1, -0.05) is 6.07 Å². The highest BCUT2D eigenvalue weighted by Crippen LogP contribution is 2.40. The van der Waals surface area contributed by atoms with Gasteiger partial charge in [-0.15, -0.1) is 0 Å². The molecule has 0 saturated heterocycles. The van der Waals surface area contributed by atoms with Crippen LogP contribution in [0.1, 0.15) is 25.5 Å². The summed E-state index contributed by atoms with van der Waals surface area (Å²) in [5.74, 6) is 2.61. The van der Waals surface area contributed by atoms with Crippen LogP contribution in [0, 0.1) is 0 Å². The molecule has 0 aliphatic rings. The van der Waals surface area contributed by atoms with Crippen LogP contribution in [0.5, 0.6) is 17.2 Å². The molecule has 0 radical (unpaired) electrons. The Hall–Kier alpha value is -4.08. The van der Waals surface area contributed by atoms with E-state index in [9.17, 15) is 0 Å². The second-order valence-electron chi connectivity index (χ2n) is 7.57. The predicted octanol–water partition coefficient (Wildman–Crippen LogP) is 4.18. The van der Waals surface area contributed by atoms with Crippen molar-refractivity contribution in [3.05, 3.63) is 48.5 Å². The highest BCUT2D eigenvalue weighted by atomic mass is 16.5. The molecule has 4 rings (SSSR count). The van der Waals surface area contributed by atoms with Gasteiger partial charge < -0.3 is 29.4 Å². The molecule has 10 nitrogen and oxygen atoms in total. The van der Waals surface area contributed by atoms with Crippen LogP contribution in [0.25, 0.3) is 11.2 Å². The molecule has 3 heterocycles. The van der Waals surface area contributed by atoms with E-state index in [-0.39, 0.29) is 6.04 Å². The molecule has 0 bridgehead atoms. The number of imidazole rings is 1. The van der Waals surface area contributed by atoms with Crippen molar-refractivity contribution in [1.82, 2.24) is 24.5 Å². The molecule has 0 aliphatic heterocycles. The van der Waals surface area contributed by atoms with Crippen molar-refractivity contribution in [2.45, 2.75) is 26.4 Å². The molecule has 172 valence electrons. The van der Waals surface area contributed by atoms with E-state index in [1.165, 1.54) is 0 Å². The van der Waals surface area contributed by atoms with E-state index >= 15 is 0 Å². The van der Waals surface area contributed by atoms with Gasteiger partial charge >= 0.3 is 0 Å². The molecule has 0 amide bonds. The number of pyridine rings is 1. The normalized spacial score (nSPS) is 11.0. The third-order valence-corrected chi connectivity index (χ3v) is 5.08. The summed E-state index contributed by atoms with van der Waals surface area (Å²) in [7, 11) is 4.72. The lowest BCUT2D eigenvalue weighted by Crippen LogP contribution is -2.08. The lowest BCUT2D eigenvalue weighted by atomic mass is 10.2. The first kappa shape index (κ1) is 22.1. The second kappa shape index (κ2) is 9.60. The van der Waals surface area contributed by atoms with E-state index in [1.54, 1.807) is 46.0 Å². The quantitative estimate of drug-likeness (QED) is 0.389. The Balaban J connectivity index is 1.73. The van der Waals surface area contributed by atoms with Crippen molar-refractivity contribution < 1.29 is 14.2 Å². The Morgan fingerprint density at radius 3 is 2.39 bits per heavy atom. The van der Waals surface area contributed by atoms with Crippen LogP contribution < -0.4 is 24.8 Å². The summed E-state index contributed by atoms with van der Waals surface area (Å²) in [5.41, 5.74) is 3.15. The highest BCUT2D eigenvalue weighted by molar-refractivity contribution is 5.85. The zero-order valence-corrected chi connectivity index (χ0v) is 19.3. The molecule has 1 aromatic carbocycles. The minimum Gasteiger partial charge on any atom is -0.493 e. The SMILES string of the molecule is COc1cc(Nc2nc(NCc3cccnc3)c3ncn(C(C)C)c3n2)cc(OC)c1OC. The van der Waals surface area contributed by atoms with E-state index in [0.29, 0.717) is 46.8 Å². The molecule has 0 unspecified atom stereocenters. The monoisotopic (exact) mass is 449 g/mol. The molecular weight excluding hydrogens is 422 g/mol. The number of ether oxygens (including phenoxy) is 3. The van der Waals surface area contributed by atoms with Crippen LogP contribution in [-0.4, -0.2) is 45.8 Å². The number of benzene rings is 1. The average Bonchev–Trinajstić information content (AvgIpc) is 3.27. The van der Waals surface area contributed by atoms with Gasteiger partial charge in [-0.05, 0) is 25.5 Å². The maximum atomic E-state index is 5.46. The fourth-order valence-electron chi connectivity index (χ4n) is 3.44. The number of hydrogen-bond donors (Lipinski definition) is 2. The topological polar surface area (TPSA) is 108 Å². The van der Waals surface area contributed by atoms with Crippen molar-refractivity contribution >= 4 is 28.6 Å². The number of methoxy groups -OCH3 is 3. The molecule has 0 atom stereocenters. The lowest BCUT2D eigenvalue weighted by Gasteiger charge is -2.15. The number of aromatic nitrogens is 5. The summed E-state index contributed by atoms with van der Waals surface area (Å²) in [6.07, 6.45) is 5.34. The number of hydrogen-bond acceptors (Lipinski definition) is 9. The van der Waals surface area contributed by atoms with Crippen molar-refractivity contribution in [3.63, 3.8) is 0 Å². The van der Waals surface area contributed by atoms with Gasteiger partial charge in [-0.2, -0.15) is 9.97 Å². The Labute approximate surface area is 192 Å². The average molecular weight is 450 g/mol. The van der Waals surface area contributed by atoms with Crippen LogP contribution in [-0.2, 0) is 6.54 Å². The largest absolute Gasteiger partial charge is 0.493 e. The first-order valence-electron chi connectivity index (χ1n) is 10.5.